The van der Waals surface area contributed by atoms with Gasteiger partial charge in [0.2, 0.25) is 0 Å². The van der Waals surface area contributed by atoms with E-state index in [2.05, 4.69) is 5.32 Å². The van der Waals surface area contributed by atoms with Crippen molar-refractivity contribution in [3.05, 3.63) is 59.7 Å². The molecule has 0 spiro atoms. The van der Waals surface area contributed by atoms with Crippen LogP contribution >= 0.6 is 0 Å². The summed E-state index contributed by atoms with van der Waals surface area (Å²) >= 11 is 0. The second-order valence-corrected chi connectivity index (χ2v) is 4.74. The number of benzene rings is 2. The number of anilines is 1. The number of rotatable bonds is 6. The summed E-state index contributed by atoms with van der Waals surface area (Å²) in [5, 5.41) is 11.3. The fourth-order valence-corrected chi connectivity index (χ4v) is 1.95. The van der Waals surface area contributed by atoms with E-state index in [0.717, 1.165) is 0 Å². The third kappa shape index (κ3) is 4.58. The molecule has 0 saturated heterocycles. The van der Waals surface area contributed by atoms with Gasteiger partial charge in [-0.15, -0.1) is 0 Å². The number of ether oxygens (including phenoxy) is 2. The van der Waals surface area contributed by atoms with Crippen LogP contribution in [0.1, 0.15) is 22.8 Å². The number of amides is 1. The van der Waals surface area contributed by atoms with Crippen molar-refractivity contribution < 1.29 is 19.1 Å². The maximum Gasteiger partial charge on any atom is 0.342 e. The molecular formula is C18H16N2O4. The van der Waals surface area contributed by atoms with E-state index in [-0.39, 0.29) is 5.56 Å². The number of carbonyl (C=O) groups excluding carboxylic acids is 2. The molecule has 0 atom stereocenters. The van der Waals surface area contributed by atoms with Crippen LogP contribution in [0.25, 0.3) is 0 Å². The molecule has 1 N–H and O–H groups in total. The number of hydrogen-bond donors (Lipinski definition) is 1. The first-order chi connectivity index (χ1) is 11.6. The smallest absolute Gasteiger partial charge is 0.342 e. The van der Waals surface area contributed by atoms with Crippen LogP contribution < -0.4 is 10.1 Å². The molecule has 0 aliphatic carbocycles. The van der Waals surface area contributed by atoms with E-state index in [1.165, 1.54) is 0 Å². The summed E-state index contributed by atoms with van der Waals surface area (Å²) in [6, 6.07) is 15.0. The zero-order valence-electron chi connectivity index (χ0n) is 13.1. The molecule has 6 heteroatoms. The first kappa shape index (κ1) is 17.0. The van der Waals surface area contributed by atoms with E-state index >= 15 is 0 Å². The molecule has 6 nitrogen and oxygen atoms in total. The molecule has 0 radical (unpaired) electrons. The predicted octanol–water partition coefficient (Wildman–Crippen LogP) is 2.75. The molecule has 122 valence electrons. The molecular weight excluding hydrogens is 308 g/mol. The van der Waals surface area contributed by atoms with Gasteiger partial charge in [0.05, 0.1) is 18.2 Å². The summed E-state index contributed by atoms with van der Waals surface area (Å²) in [4.78, 5) is 23.9. The second kappa shape index (κ2) is 8.34. The number of nitrogens with one attached hydrogen (secondary N) is 1. The van der Waals surface area contributed by atoms with E-state index in [4.69, 9.17) is 14.7 Å². The molecule has 0 heterocycles. The highest BCUT2D eigenvalue weighted by molar-refractivity contribution is 5.96. The van der Waals surface area contributed by atoms with Crippen molar-refractivity contribution in [1.82, 2.24) is 0 Å². The maximum absolute atomic E-state index is 12.1. The fraction of sp³-hybridized carbons (Fsp3) is 0.167. The molecule has 2 rings (SSSR count). The normalized spacial score (nSPS) is 9.67. The highest BCUT2D eigenvalue weighted by Crippen LogP contribution is 2.18. The molecule has 0 aromatic heterocycles. The van der Waals surface area contributed by atoms with Crippen molar-refractivity contribution in [2.45, 2.75) is 6.92 Å². The molecule has 0 aliphatic heterocycles. The van der Waals surface area contributed by atoms with Gasteiger partial charge in [-0.25, -0.2) is 4.79 Å². The van der Waals surface area contributed by atoms with Crippen LogP contribution in [0.15, 0.2) is 48.5 Å². The number of nitriles is 1. The predicted molar refractivity (Wildman–Crippen MR) is 87.7 cm³/mol. The van der Waals surface area contributed by atoms with Gasteiger partial charge in [-0.1, -0.05) is 12.1 Å². The minimum atomic E-state index is -0.631. The van der Waals surface area contributed by atoms with E-state index in [0.29, 0.717) is 23.6 Å². The highest BCUT2D eigenvalue weighted by atomic mass is 16.5. The van der Waals surface area contributed by atoms with Gasteiger partial charge >= 0.3 is 5.97 Å². The van der Waals surface area contributed by atoms with Crippen LogP contribution in [0.3, 0.4) is 0 Å². The molecule has 0 fully saturated rings. The molecule has 1 amide bonds. The second-order valence-electron chi connectivity index (χ2n) is 4.74. The maximum atomic E-state index is 12.1. The van der Waals surface area contributed by atoms with Crippen molar-refractivity contribution in [3.63, 3.8) is 0 Å². The molecule has 2 aromatic carbocycles. The topological polar surface area (TPSA) is 88.4 Å². The van der Waals surface area contributed by atoms with Crippen LogP contribution in [-0.4, -0.2) is 25.1 Å². The van der Waals surface area contributed by atoms with Crippen molar-refractivity contribution in [1.29, 1.82) is 5.26 Å². The van der Waals surface area contributed by atoms with Crippen molar-refractivity contribution in [2.75, 3.05) is 18.5 Å². The lowest BCUT2D eigenvalue weighted by Crippen LogP contribution is -2.21. The summed E-state index contributed by atoms with van der Waals surface area (Å²) in [5.74, 6) is -0.687. The standard InChI is InChI=1S/C18H16N2O4/c1-2-23-16-6-4-3-5-15(16)18(22)24-12-17(21)20-14-9-7-13(11-19)8-10-14/h3-10H,2,12H2,1H3,(H,20,21). The Kier molecular flexibility index (Phi) is 5.92. The molecule has 0 saturated carbocycles. The van der Waals surface area contributed by atoms with Gasteiger partial charge < -0.3 is 14.8 Å². The summed E-state index contributed by atoms with van der Waals surface area (Å²) in [5.41, 5.74) is 1.28. The van der Waals surface area contributed by atoms with E-state index in [1.807, 2.05) is 13.0 Å². The Balaban J connectivity index is 1.91. The lowest BCUT2D eigenvalue weighted by atomic mass is 10.2. The monoisotopic (exact) mass is 324 g/mol. The minimum Gasteiger partial charge on any atom is -0.493 e. The van der Waals surface area contributed by atoms with Crippen molar-refractivity contribution in [2.24, 2.45) is 0 Å². The van der Waals surface area contributed by atoms with Gasteiger partial charge in [-0.2, -0.15) is 5.26 Å². The molecule has 0 bridgehead atoms. The Labute approximate surface area is 139 Å². The van der Waals surface area contributed by atoms with Gasteiger partial charge in [-0.3, -0.25) is 4.79 Å². The lowest BCUT2D eigenvalue weighted by molar-refractivity contribution is -0.119. The van der Waals surface area contributed by atoms with Crippen LogP contribution in [0, 0.1) is 11.3 Å². The van der Waals surface area contributed by atoms with Gasteiger partial charge in [0.25, 0.3) is 5.91 Å². The Bertz CT molecular complexity index is 763. The third-order valence-electron chi connectivity index (χ3n) is 3.04. The van der Waals surface area contributed by atoms with Gasteiger partial charge in [0.15, 0.2) is 6.61 Å². The van der Waals surface area contributed by atoms with E-state index < -0.39 is 18.5 Å². The largest absolute Gasteiger partial charge is 0.493 e. The SMILES string of the molecule is CCOc1ccccc1C(=O)OCC(=O)Nc1ccc(C#N)cc1. The van der Waals surface area contributed by atoms with Gasteiger partial charge in [-0.05, 0) is 43.3 Å². The summed E-state index contributed by atoms with van der Waals surface area (Å²) in [6.45, 7) is 1.82. The molecule has 0 aliphatic rings. The minimum absolute atomic E-state index is 0.269. The first-order valence-electron chi connectivity index (χ1n) is 7.33. The number of hydrogen-bond acceptors (Lipinski definition) is 5. The summed E-state index contributed by atoms with van der Waals surface area (Å²) < 4.78 is 10.4. The Morgan fingerprint density at radius 1 is 1.12 bits per heavy atom. The molecule has 2 aromatic rings. The van der Waals surface area contributed by atoms with Crippen LogP contribution in [0.5, 0.6) is 5.75 Å². The summed E-state index contributed by atoms with van der Waals surface area (Å²) in [6.07, 6.45) is 0. The van der Waals surface area contributed by atoms with Crippen LogP contribution in [0.4, 0.5) is 5.69 Å². The highest BCUT2D eigenvalue weighted by Gasteiger charge is 2.15. The quantitative estimate of drug-likeness (QED) is 0.825. The zero-order valence-corrected chi connectivity index (χ0v) is 13.1. The van der Waals surface area contributed by atoms with E-state index in [9.17, 15) is 9.59 Å². The van der Waals surface area contributed by atoms with Crippen molar-refractivity contribution >= 4 is 17.6 Å². The van der Waals surface area contributed by atoms with Crippen molar-refractivity contribution in [3.8, 4) is 11.8 Å². The number of nitrogens with zero attached hydrogens (tertiary/aromatic N) is 1. The van der Waals surface area contributed by atoms with Crippen LogP contribution in [0.2, 0.25) is 0 Å². The van der Waals surface area contributed by atoms with E-state index in [1.54, 1.807) is 48.5 Å². The van der Waals surface area contributed by atoms with Crippen LogP contribution in [-0.2, 0) is 9.53 Å². The molecule has 24 heavy (non-hydrogen) atoms. The lowest BCUT2D eigenvalue weighted by Gasteiger charge is -2.10. The van der Waals surface area contributed by atoms with Gasteiger partial charge in [0.1, 0.15) is 11.3 Å². The summed E-state index contributed by atoms with van der Waals surface area (Å²) in [7, 11) is 0. The van der Waals surface area contributed by atoms with Gasteiger partial charge in [0, 0.05) is 5.69 Å². The third-order valence-corrected chi connectivity index (χ3v) is 3.04. The first-order valence-corrected chi connectivity index (χ1v) is 7.33. The number of para-hydroxylation sites is 1. The Morgan fingerprint density at radius 2 is 1.83 bits per heavy atom. The average molecular weight is 324 g/mol. The fourth-order valence-electron chi connectivity index (χ4n) is 1.95. The Morgan fingerprint density at radius 3 is 2.50 bits per heavy atom. The number of carbonyl (C=O) groups is 2. The average Bonchev–Trinajstić information content (AvgIpc) is 2.61. The zero-order chi connectivity index (χ0) is 17.4. The Hall–Kier alpha value is -3.33. The molecule has 0 unspecified atom stereocenters. The number of esters is 1.